The smallest absolute Gasteiger partial charge is 0.354 e. The molecule has 5 aromatic rings. The molecule has 1 fully saturated rings. The van der Waals surface area contributed by atoms with Crippen molar-refractivity contribution in [2.45, 2.75) is 12.7 Å². The van der Waals surface area contributed by atoms with Gasteiger partial charge in [-0.3, -0.25) is 14.6 Å². The van der Waals surface area contributed by atoms with Gasteiger partial charge in [0.2, 0.25) is 0 Å². The van der Waals surface area contributed by atoms with Gasteiger partial charge in [-0.15, -0.1) is 0 Å². The van der Waals surface area contributed by atoms with Crippen molar-refractivity contribution in [1.29, 1.82) is 0 Å². The minimum absolute atomic E-state index is 0.466. The van der Waals surface area contributed by atoms with Gasteiger partial charge in [-0.1, -0.05) is 11.8 Å². The maximum atomic E-state index is 12.8. The number of aromatic nitrogens is 5. The molecular formula is C32H29F3N8. The molecule has 0 unspecified atom stereocenters. The average Bonchev–Trinajstić information content (AvgIpc) is 3.63. The monoisotopic (exact) mass is 582 g/mol. The highest BCUT2D eigenvalue weighted by Gasteiger charge is 2.29. The highest BCUT2D eigenvalue weighted by atomic mass is 19.4. The van der Waals surface area contributed by atoms with E-state index in [1.807, 2.05) is 48.6 Å². The van der Waals surface area contributed by atoms with E-state index in [2.05, 4.69) is 55.7 Å². The summed E-state index contributed by atoms with van der Waals surface area (Å²) >= 11 is 0. The number of halogens is 3. The van der Waals surface area contributed by atoms with Gasteiger partial charge in [0.25, 0.3) is 0 Å². The number of hydrogen-bond acceptors (Lipinski definition) is 6. The fraction of sp³-hybridized carbons (Fsp3) is 0.250. The summed E-state index contributed by atoms with van der Waals surface area (Å²) in [4.78, 5) is 13.4. The Kier molecular flexibility index (Phi) is 7.69. The van der Waals surface area contributed by atoms with Crippen LogP contribution >= 0.6 is 0 Å². The van der Waals surface area contributed by atoms with Crippen molar-refractivity contribution in [3.63, 3.8) is 0 Å². The molecule has 0 amide bonds. The van der Waals surface area contributed by atoms with Crippen LogP contribution in [0.15, 0.2) is 78.4 Å². The lowest BCUT2D eigenvalue weighted by molar-refractivity contribution is -0.137. The maximum Gasteiger partial charge on any atom is 0.416 e. The van der Waals surface area contributed by atoms with Crippen molar-refractivity contribution in [2.75, 3.05) is 37.6 Å². The number of fused-ring (bicyclic) bond motifs is 1. The number of pyridine rings is 2. The molecule has 0 radical (unpaired) electrons. The number of alkyl halides is 3. The van der Waals surface area contributed by atoms with Crippen molar-refractivity contribution in [3.8, 4) is 34.1 Å². The predicted molar refractivity (Wildman–Crippen MR) is 161 cm³/mol. The molecule has 1 saturated heterocycles. The first-order valence-electron chi connectivity index (χ1n) is 13.8. The van der Waals surface area contributed by atoms with Crippen molar-refractivity contribution in [3.05, 3.63) is 90.1 Å². The number of piperazine rings is 1. The van der Waals surface area contributed by atoms with E-state index in [9.17, 15) is 13.2 Å². The summed E-state index contributed by atoms with van der Waals surface area (Å²) in [5.41, 5.74) is 5.84. The Morgan fingerprint density at radius 2 is 1.70 bits per heavy atom. The molecule has 0 aliphatic carbocycles. The van der Waals surface area contributed by atoms with Crippen LogP contribution in [0.1, 0.15) is 16.7 Å². The molecule has 11 heteroatoms. The molecule has 1 aliphatic heterocycles. The van der Waals surface area contributed by atoms with E-state index in [1.165, 1.54) is 12.1 Å². The second kappa shape index (κ2) is 11.7. The van der Waals surface area contributed by atoms with Gasteiger partial charge >= 0.3 is 6.18 Å². The minimum atomic E-state index is -4.34. The third-order valence-corrected chi connectivity index (χ3v) is 7.51. The summed E-state index contributed by atoms with van der Waals surface area (Å²) < 4.78 is 41.9. The van der Waals surface area contributed by atoms with Gasteiger partial charge in [0.15, 0.2) is 0 Å². The zero-order chi connectivity index (χ0) is 30.0. The lowest BCUT2D eigenvalue weighted by atomic mass is 10.0. The Hall–Kier alpha value is -4.95. The van der Waals surface area contributed by atoms with Crippen LogP contribution in [-0.4, -0.2) is 68.7 Å². The summed E-state index contributed by atoms with van der Waals surface area (Å²) in [5.74, 6) is 6.96. The summed E-state index contributed by atoms with van der Waals surface area (Å²) in [7, 11) is 1.89. The Morgan fingerprint density at radius 3 is 2.35 bits per heavy atom. The van der Waals surface area contributed by atoms with Crippen LogP contribution in [0.3, 0.4) is 0 Å². The molecule has 8 nitrogen and oxygen atoms in total. The molecule has 1 aromatic carbocycles. The molecule has 0 N–H and O–H groups in total. The van der Waals surface area contributed by atoms with E-state index in [0.717, 1.165) is 77.5 Å². The zero-order valence-corrected chi connectivity index (χ0v) is 23.6. The molecular weight excluding hydrogens is 553 g/mol. The molecule has 1 aliphatic rings. The predicted octanol–water partition coefficient (Wildman–Crippen LogP) is 5.19. The molecule has 0 spiro atoms. The first-order chi connectivity index (χ1) is 20.8. The SMILES string of the molecule is C=NCc1cnn2cc(-c3cnn(C)c3)cc(-c3ccc(N4CCN(CC#Cc5ccc(C(F)(F)F)cc5)CC4)nc3)c12. The maximum absolute atomic E-state index is 12.8. The topological polar surface area (TPSA) is 66.8 Å². The Balaban J connectivity index is 1.14. The van der Waals surface area contributed by atoms with E-state index in [0.29, 0.717) is 18.7 Å². The molecule has 218 valence electrons. The molecule has 5 heterocycles. The molecule has 43 heavy (non-hydrogen) atoms. The largest absolute Gasteiger partial charge is 0.416 e. The molecule has 0 bridgehead atoms. The number of nitrogens with zero attached hydrogens (tertiary/aromatic N) is 8. The number of rotatable bonds is 6. The number of hydrogen-bond donors (Lipinski definition) is 0. The fourth-order valence-electron chi connectivity index (χ4n) is 5.23. The van der Waals surface area contributed by atoms with Crippen LogP contribution in [-0.2, 0) is 19.8 Å². The van der Waals surface area contributed by atoms with Crippen LogP contribution in [0.5, 0.6) is 0 Å². The molecule has 4 aromatic heterocycles. The van der Waals surface area contributed by atoms with E-state index in [4.69, 9.17) is 4.98 Å². The quantitative estimate of drug-likeness (QED) is 0.204. The van der Waals surface area contributed by atoms with Crippen molar-refractivity contribution in [2.24, 2.45) is 12.0 Å². The van der Waals surface area contributed by atoms with Gasteiger partial charge in [0.05, 0.1) is 36.6 Å². The van der Waals surface area contributed by atoms with Gasteiger partial charge in [-0.05, 0) is 49.2 Å². The minimum Gasteiger partial charge on any atom is -0.354 e. The summed E-state index contributed by atoms with van der Waals surface area (Å²) in [6.07, 6.45) is 5.19. The summed E-state index contributed by atoms with van der Waals surface area (Å²) in [5, 5.41) is 8.90. The second-order valence-corrected chi connectivity index (χ2v) is 10.4. The highest BCUT2D eigenvalue weighted by molar-refractivity contribution is 5.86. The van der Waals surface area contributed by atoms with Crippen molar-refractivity contribution in [1.82, 2.24) is 29.3 Å². The fourth-order valence-corrected chi connectivity index (χ4v) is 5.23. The lowest BCUT2D eigenvalue weighted by Crippen LogP contribution is -2.46. The molecule has 6 rings (SSSR count). The van der Waals surface area contributed by atoms with Crippen LogP contribution in [0.2, 0.25) is 0 Å². The van der Waals surface area contributed by atoms with E-state index in [1.54, 1.807) is 4.68 Å². The van der Waals surface area contributed by atoms with Crippen molar-refractivity contribution >= 4 is 18.1 Å². The van der Waals surface area contributed by atoms with Crippen LogP contribution in [0, 0.1) is 11.8 Å². The third-order valence-electron chi connectivity index (χ3n) is 7.51. The first kappa shape index (κ1) is 28.2. The Morgan fingerprint density at radius 1 is 0.907 bits per heavy atom. The summed E-state index contributed by atoms with van der Waals surface area (Å²) in [6, 6.07) is 11.2. The number of anilines is 1. The number of benzene rings is 1. The Bertz CT molecular complexity index is 1800. The number of aryl methyl sites for hydroxylation is 1. The normalized spacial score (nSPS) is 14.1. The standard InChI is InChI=1S/C32H29F3N8/c1-36-17-26-19-39-43-22-25(27-20-38-40(2)21-27)16-29(31(26)43)24-7-10-30(37-18-24)42-14-12-41(13-15-42)11-3-4-23-5-8-28(9-6-23)32(33,34)35/h5-10,16,18-22H,1,11-15,17H2,2H3. The third kappa shape index (κ3) is 6.15. The van der Waals surface area contributed by atoms with Gasteiger partial charge in [-0.2, -0.15) is 23.4 Å². The highest BCUT2D eigenvalue weighted by Crippen LogP contribution is 2.33. The van der Waals surface area contributed by atoms with Gasteiger partial charge in [-0.25, -0.2) is 9.50 Å². The van der Waals surface area contributed by atoms with E-state index >= 15 is 0 Å². The van der Waals surface area contributed by atoms with Crippen molar-refractivity contribution < 1.29 is 13.2 Å². The average molecular weight is 583 g/mol. The van der Waals surface area contributed by atoms with Crippen LogP contribution in [0.25, 0.3) is 27.8 Å². The first-order valence-corrected chi connectivity index (χ1v) is 13.8. The zero-order valence-electron chi connectivity index (χ0n) is 23.6. The van der Waals surface area contributed by atoms with Crippen LogP contribution < -0.4 is 4.90 Å². The van der Waals surface area contributed by atoms with Gasteiger partial charge in [0, 0.05) is 85.2 Å². The summed E-state index contributed by atoms with van der Waals surface area (Å²) in [6.45, 7) is 7.90. The number of aliphatic imine (C=N–C) groups is 1. The van der Waals surface area contributed by atoms with E-state index in [-0.39, 0.29) is 0 Å². The van der Waals surface area contributed by atoms with Crippen LogP contribution in [0.4, 0.5) is 19.0 Å². The Labute approximate surface area is 247 Å². The molecule has 0 saturated carbocycles. The van der Waals surface area contributed by atoms with E-state index < -0.39 is 11.7 Å². The second-order valence-electron chi connectivity index (χ2n) is 10.4. The van der Waals surface area contributed by atoms with Gasteiger partial charge < -0.3 is 4.90 Å². The lowest BCUT2D eigenvalue weighted by Gasteiger charge is -2.34. The molecule has 0 atom stereocenters. The van der Waals surface area contributed by atoms with Gasteiger partial charge in [0.1, 0.15) is 5.82 Å².